The van der Waals surface area contributed by atoms with Crippen LogP contribution in [-0.2, 0) is 13.6 Å². The average Bonchev–Trinajstić information content (AvgIpc) is 2.23. The minimum absolute atomic E-state index is 0.285. The summed E-state index contributed by atoms with van der Waals surface area (Å²) in [6, 6.07) is 0.981. The lowest BCUT2D eigenvalue weighted by molar-refractivity contribution is 0.0475. The minimum Gasteiger partial charge on any atom is -0.398 e. The van der Waals surface area contributed by atoms with Gasteiger partial charge in [-0.2, -0.15) is 0 Å². The number of nitrogens with zero attached hydrogens (tertiary/aromatic N) is 1. The number of ether oxygens (including phenoxy) is 1. The van der Waals surface area contributed by atoms with Crippen LogP contribution in [0.1, 0.15) is 13.3 Å². The van der Waals surface area contributed by atoms with E-state index in [-0.39, 0.29) is 6.10 Å². The molecule has 0 heterocycles. The van der Waals surface area contributed by atoms with Gasteiger partial charge in [0.15, 0.2) is 0 Å². The zero-order valence-electron chi connectivity index (χ0n) is 11.6. The Hall–Kier alpha value is 0.0569. The number of hydrogen-bond acceptors (Lipinski definition) is 4. The van der Waals surface area contributed by atoms with E-state index in [1.807, 2.05) is 0 Å². The van der Waals surface area contributed by atoms with E-state index < -0.39 is 8.56 Å². The van der Waals surface area contributed by atoms with E-state index in [9.17, 15) is 0 Å². The third kappa shape index (κ3) is 7.35. The average molecular weight is 249 g/mol. The molecule has 0 amide bonds. The van der Waals surface area contributed by atoms with Crippen LogP contribution in [0.5, 0.6) is 0 Å². The highest BCUT2D eigenvalue weighted by molar-refractivity contribution is 6.65. The Morgan fingerprint density at radius 3 is 2.19 bits per heavy atom. The van der Waals surface area contributed by atoms with Crippen LogP contribution in [0.3, 0.4) is 0 Å². The van der Waals surface area contributed by atoms with Gasteiger partial charge in [0.2, 0.25) is 0 Å². The van der Waals surface area contributed by atoms with Crippen molar-refractivity contribution in [2.45, 2.75) is 32.0 Å². The maximum atomic E-state index is 5.71. The van der Waals surface area contributed by atoms with Gasteiger partial charge in [0.05, 0.1) is 6.10 Å². The summed E-state index contributed by atoms with van der Waals surface area (Å²) < 4.78 is 16.5. The fourth-order valence-corrected chi connectivity index (χ4v) is 2.89. The van der Waals surface area contributed by atoms with Gasteiger partial charge in [0, 0.05) is 27.4 Å². The first-order valence-corrected chi connectivity index (χ1v) is 8.32. The van der Waals surface area contributed by atoms with Crippen molar-refractivity contribution in [3.63, 3.8) is 0 Å². The summed E-state index contributed by atoms with van der Waals surface area (Å²) in [4.78, 5) is 2.13. The van der Waals surface area contributed by atoms with Crippen molar-refractivity contribution in [3.05, 3.63) is 0 Å². The van der Waals surface area contributed by atoms with Gasteiger partial charge in [-0.1, -0.05) is 0 Å². The van der Waals surface area contributed by atoms with Crippen molar-refractivity contribution in [2.24, 2.45) is 0 Å². The third-order valence-electron chi connectivity index (χ3n) is 2.66. The van der Waals surface area contributed by atoms with Crippen LogP contribution in [0.2, 0.25) is 12.6 Å². The van der Waals surface area contributed by atoms with Crippen molar-refractivity contribution < 1.29 is 13.6 Å². The first-order chi connectivity index (χ1) is 7.43. The summed E-state index contributed by atoms with van der Waals surface area (Å²) in [6.45, 7) is 5.92. The molecule has 0 spiro atoms. The molecule has 0 aliphatic rings. The molecule has 16 heavy (non-hydrogen) atoms. The van der Waals surface area contributed by atoms with E-state index >= 15 is 0 Å². The van der Waals surface area contributed by atoms with Crippen molar-refractivity contribution in [2.75, 3.05) is 41.5 Å². The topological polar surface area (TPSA) is 30.9 Å². The second-order valence-corrected chi connectivity index (χ2v) is 8.17. The predicted octanol–water partition coefficient (Wildman–Crippen LogP) is 1.71. The maximum absolute atomic E-state index is 5.71. The Morgan fingerprint density at radius 1 is 1.19 bits per heavy atom. The van der Waals surface area contributed by atoms with Crippen molar-refractivity contribution in [1.82, 2.24) is 4.90 Å². The first-order valence-electron chi connectivity index (χ1n) is 5.80. The van der Waals surface area contributed by atoms with Crippen LogP contribution in [0.25, 0.3) is 0 Å². The van der Waals surface area contributed by atoms with Gasteiger partial charge in [-0.05, 0) is 40.0 Å². The van der Waals surface area contributed by atoms with E-state index in [2.05, 4.69) is 32.5 Å². The number of rotatable bonds is 9. The summed E-state index contributed by atoms with van der Waals surface area (Å²) >= 11 is 0. The summed E-state index contributed by atoms with van der Waals surface area (Å²) in [5.41, 5.74) is 0. The Labute approximate surface area is 101 Å². The number of hydrogen-bond donors (Lipinski definition) is 0. The molecule has 0 aromatic carbocycles. The predicted molar refractivity (Wildman–Crippen MR) is 69.0 cm³/mol. The molecule has 5 heteroatoms. The Balaban J connectivity index is 3.59. The molecule has 0 saturated carbocycles. The van der Waals surface area contributed by atoms with Gasteiger partial charge < -0.3 is 18.5 Å². The first kappa shape index (κ1) is 16.1. The monoisotopic (exact) mass is 249 g/mol. The Bertz CT molecular complexity index is 175. The molecule has 0 aromatic heterocycles. The van der Waals surface area contributed by atoms with E-state index in [1.54, 1.807) is 14.2 Å². The lowest BCUT2D eigenvalue weighted by Gasteiger charge is -2.23. The highest BCUT2D eigenvalue weighted by Gasteiger charge is 2.27. The van der Waals surface area contributed by atoms with Crippen LogP contribution < -0.4 is 0 Å². The van der Waals surface area contributed by atoms with Crippen LogP contribution in [0.15, 0.2) is 0 Å². The number of likely N-dealkylation sites (N-methyl/N-ethyl adjacent to an activating group) is 1. The Kier molecular flexibility index (Phi) is 8.22. The van der Waals surface area contributed by atoms with Gasteiger partial charge >= 0.3 is 8.56 Å². The fraction of sp³-hybridized carbons (Fsp3) is 1.00. The normalized spacial score (nSPS) is 14.4. The van der Waals surface area contributed by atoms with Gasteiger partial charge in [0.1, 0.15) is 0 Å². The van der Waals surface area contributed by atoms with Gasteiger partial charge in [-0.3, -0.25) is 0 Å². The standard InChI is InChI=1S/C11H27NO3Si/c1-11(10-12(2)3)15-8-7-9-16(6,13-4)14-5/h11H,7-10H2,1-6H3. The molecule has 1 atom stereocenters. The zero-order valence-corrected chi connectivity index (χ0v) is 12.6. The minimum atomic E-state index is -1.89. The molecular weight excluding hydrogens is 222 g/mol. The maximum Gasteiger partial charge on any atom is 0.334 e. The molecule has 0 aromatic rings. The lowest BCUT2D eigenvalue weighted by atomic mass is 10.4. The molecule has 0 aliphatic heterocycles. The van der Waals surface area contributed by atoms with Crippen molar-refractivity contribution >= 4 is 8.56 Å². The molecule has 98 valence electrons. The van der Waals surface area contributed by atoms with E-state index in [0.29, 0.717) is 0 Å². The molecule has 0 rings (SSSR count). The van der Waals surface area contributed by atoms with Crippen LogP contribution in [-0.4, -0.2) is 61.0 Å². The smallest absolute Gasteiger partial charge is 0.334 e. The molecule has 4 nitrogen and oxygen atoms in total. The highest BCUT2D eigenvalue weighted by Crippen LogP contribution is 2.13. The SMILES string of the molecule is CO[Si](C)(CCCOC(C)CN(C)C)OC. The molecule has 0 saturated heterocycles. The summed E-state index contributed by atoms with van der Waals surface area (Å²) in [6.07, 6.45) is 1.29. The van der Waals surface area contributed by atoms with Gasteiger partial charge in [0.25, 0.3) is 0 Å². The summed E-state index contributed by atoms with van der Waals surface area (Å²) in [5, 5.41) is 0. The van der Waals surface area contributed by atoms with E-state index in [0.717, 1.165) is 25.6 Å². The van der Waals surface area contributed by atoms with Gasteiger partial charge in [-0.15, -0.1) is 0 Å². The summed E-state index contributed by atoms with van der Waals surface area (Å²) in [7, 11) is 5.67. The molecular formula is C11H27NO3Si. The molecule has 0 N–H and O–H groups in total. The zero-order chi connectivity index (χ0) is 12.6. The molecule has 0 radical (unpaired) electrons. The highest BCUT2D eigenvalue weighted by atomic mass is 28.4. The van der Waals surface area contributed by atoms with E-state index in [1.165, 1.54) is 0 Å². The van der Waals surface area contributed by atoms with Crippen LogP contribution in [0.4, 0.5) is 0 Å². The van der Waals surface area contributed by atoms with Gasteiger partial charge in [-0.25, -0.2) is 0 Å². The van der Waals surface area contributed by atoms with Crippen molar-refractivity contribution in [3.8, 4) is 0 Å². The van der Waals surface area contributed by atoms with E-state index in [4.69, 9.17) is 13.6 Å². The fourth-order valence-electron chi connectivity index (χ4n) is 1.53. The molecule has 0 bridgehead atoms. The molecule has 1 unspecified atom stereocenters. The van der Waals surface area contributed by atoms with Crippen molar-refractivity contribution in [1.29, 1.82) is 0 Å². The second kappa shape index (κ2) is 8.19. The second-order valence-electron chi connectivity index (χ2n) is 4.59. The summed E-state index contributed by atoms with van der Waals surface area (Å²) in [5.74, 6) is 0. The molecule has 0 fully saturated rings. The van der Waals surface area contributed by atoms with Crippen LogP contribution >= 0.6 is 0 Å². The van der Waals surface area contributed by atoms with Crippen LogP contribution in [0, 0.1) is 0 Å². The third-order valence-corrected chi connectivity index (χ3v) is 5.65. The quantitative estimate of drug-likeness (QED) is 0.460. The largest absolute Gasteiger partial charge is 0.398 e. The Morgan fingerprint density at radius 2 is 1.75 bits per heavy atom. The lowest BCUT2D eigenvalue weighted by Crippen LogP contribution is -2.36. The molecule has 0 aliphatic carbocycles.